The molecule has 30 nitrogen and oxygen atoms in total. The van der Waals surface area contributed by atoms with Gasteiger partial charge in [-0.05, 0) is 103 Å². The van der Waals surface area contributed by atoms with E-state index in [1.165, 1.54) is 6.92 Å². The Morgan fingerprint density at radius 3 is 1.00 bits per heavy atom. The van der Waals surface area contributed by atoms with E-state index in [2.05, 4.69) is 111 Å². The van der Waals surface area contributed by atoms with Gasteiger partial charge in [0, 0.05) is 118 Å². The molecule has 131 heavy (non-hydrogen) atoms. The highest BCUT2D eigenvalue weighted by molar-refractivity contribution is 5.66. The van der Waals surface area contributed by atoms with Crippen LogP contribution in [-0.4, -0.2) is 327 Å². The summed E-state index contributed by atoms with van der Waals surface area (Å²) in [6.07, 6.45) is -2.11. The molecule has 0 aromatic rings. The number of ether oxygens (including phenoxy) is 27. The summed E-state index contributed by atoms with van der Waals surface area (Å²) in [6, 6.07) is 0. The van der Waals surface area contributed by atoms with Crippen LogP contribution in [0.4, 0.5) is 0 Å². The van der Waals surface area contributed by atoms with Gasteiger partial charge in [-0.2, -0.15) is 0 Å². The predicted octanol–water partition coefficient (Wildman–Crippen LogP) is 17.0. The molecule has 0 amide bonds. The van der Waals surface area contributed by atoms with Crippen molar-refractivity contribution in [1.29, 1.82) is 0 Å². The van der Waals surface area contributed by atoms with E-state index in [1.807, 2.05) is 6.92 Å². The van der Waals surface area contributed by atoms with Gasteiger partial charge in [0.25, 0.3) is 0 Å². The van der Waals surface area contributed by atoms with Crippen LogP contribution in [0.5, 0.6) is 0 Å². The van der Waals surface area contributed by atoms with Crippen molar-refractivity contribution in [1.82, 2.24) is 0 Å². The minimum absolute atomic E-state index is 0.0218. The highest BCUT2D eigenvalue weighted by atomic mass is 16.8. The summed E-state index contributed by atoms with van der Waals surface area (Å²) in [4.78, 5) is 13.7. The maximum atomic E-state index is 13.9. The highest BCUT2D eigenvalue weighted by Crippen LogP contribution is 2.42. The lowest BCUT2D eigenvalue weighted by Crippen LogP contribution is -2.67. The van der Waals surface area contributed by atoms with Crippen molar-refractivity contribution in [3.05, 3.63) is 0 Å². The van der Waals surface area contributed by atoms with Crippen LogP contribution >= 0.6 is 0 Å². The van der Waals surface area contributed by atoms with Gasteiger partial charge in [-0.3, -0.25) is 4.79 Å². The first-order chi connectivity index (χ1) is 63.9. The number of unbranched alkanes of at least 4 members (excludes halogenated alkanes) is 15. The van der Waals surface area contributed by atoms with E-state index in [-0.39, 0.29) is 45.6 Å². The molecule has 5 saturated heterocycles. The second kappa shape index (κ2) is 74.3. The Morgan fingerprint density at radius 1 is 0.290 bits per heavy atom. The van der Waals surface area contributed by atoms with Crippen LogP contribution in [0.2, 0.25) is 0 Å². The smallest absolute Gasteiger partial charge is 0.303 e. The number of aliphatic hydroxyl groups is 2. The van der Waals surface area contributed by atoms with Gasteiger partial charge in [-0.15, -0.1) is 0 Å². The lowest BCUT2D eigenvalue weighted by molar-refractivity contribution is -0.390. The fourth-order valence-corrected chi connectivity index (χ4v) is 16.3. The molecule has 5 rings (SSSR count). The SMILES string of the molecule is CCCCOCC1O[C@H](OCC(O[C@H](COCCCC)O[C@@H]2C(COCCCC)O[C@@H](OCCCC)[C@@H](C)C2OCCCC)[C@@H](O)[C@@H](C)O[C@@H]2OC(COCCCC)[C@H](OCCCC)C(OCCCC)[C@@H]2O[C@@H]2OC(COCCCC)[C@@H](O[C@@H]3OC(COCCCC)[C@H](OCCCC)C(OCCCC)[C@@H]3OC(C)=O)C(OCCCC)[C@@H]2C)[C@H](O)C(OCCCC)[C@@H]1OCCCC. The summed E-state index contributed by atoms with van der Waals surface area (Å²) in [5.41, 5.74) is 0. The topological polar surface area (TPSA) is 307 Å². The first-order valence-electron chi connectivity index (χ1n) is 52.6. The molecule has 5 fully saturated rings. The van der Waals surface area contributed by atoms with E-state index in [9.17, 15) is 15.0 Å². The summed E-state index contributed by atoms with van der Waals surface area (Å²) in [6.45, 7) is 45.1. The highest BCUT2D eigenvalue weighted by Gasteiger charge is 2.58. The largest absolute Gasteiger partial charge is 0.454 e. The monoisotopic (exact) mass is 1890 g/mol. The Morgan fingerprint density at radius 2 is 0.588 bits per heavy atom. The molecule has 776 valence electrons. The van der Waals surface area contributed by atoms with Gasteiger partial charge in [-0.25, -0.2) is 0 Å². The van der Waals surface area contributed by atoms with Crippen molar-refractivity contribution in [3.63, 3.8) is 0 Å². The van der Waals surface area contributed by atoms with Gasteiger partial charge in [0.05, 0.1) is 64.6 Å². The summed E-state index contributed by atoms with van der Waals surface area (Å²) in [5, 5.41) is 26.8. The van der Waals surface area contributed by atoms with E-state index in [0.717, 1.165) is 180 Å². The normalized spacial score (nSPS) is 30.6. The van der Waals surface area contributed by atoms with Gasteiger partial charge in [0.15, 0.2) is 43.8 Å². The fourth-order valence-electron chi connectivity index (χ4n) is 16.3. The molecule has 5 aliphatic heterocycles. The van der Waals surface area contributed by atoms with Crippen LogP contribution in [-0.2, 0) is 133 Å². The predicted molar refractivity (Wildman–Crippen MR) is 501 cm³/mol. The summed E-state index contributed by atoms with van der Waals surface area (Å²) >= 11 is 0. The molecule has 11 unspecified atom stereocenters. The van der Waals surface area contributed by atoms with Gasteiger partial charge < -0.3 is 138 Å². The standard InChI is InChI=1S/C101H192O30/c1-20-35-50-105-65-77-87(113-58-43-28-9)92(116-61-46-31-12)84(104)99(126-77)120-70-76(123-82(71-110-55-40-25-6)129-90-80(68-108-53-38-23-4)124-97(119-64-49-34-15)72(16)85(90)111-56-41-26-7)83(103)74(18)121-100-96(94(118-63-48-33-14)89(115-60-45-30-11)78(127-100)66-106-51-36-21-2)131-98-73(17)86(112-57-42-27-8)91(81(125-98)69-109-54-39-24-5)130-101-95(122-75(19)102)93(117-62-47-32-13)88(114-59-44-29-10)79(128-101)67-107-52-37-22-3/h72-74,76-101,103-104H,20-71H2,1-19H3/t72-,73-,74+,76?,77?,78?,79?,80?,81?,82-,83-,84+,85?,86?,87+,88-,89-,90+,91+,92?,93?,94?,95-,96-,97+,98-,99-,100+,101-/m0/s1. The summed E-state index contributed by atoms with van der Waals surface area (Å²) in [5.74, 6) is -1.54. The zero-order valence-electron chi connectivity index (χ0n) is 85.3. The summed E-state index contributed by atoms with van der Waals surface area (Å²) < 4.78 is 188. The molecule has 5 heterocycles. The van der Waals surface area contributed by atoms with Gasteiger partial charge in [0.1, 0.15) is 104 Å². The number of carbonyl (C=O) groups is 1. The van der Waals surface area contributed by atoms with E-state index in [1.54, 1.807) is 6.92 Å². The molecule has 30 heteroatoms. The van der Waals surface area contributed by atoms with E-state index in [0.29, 0.717) is 112 Å². The molecule has 0 aromatic carbocycles. The first-order valence-corrected chi connectivity index (χ1v) is 52.6. The van der Waals surface area contributed by atoms with Crippen molar-refractivity contribution < 1.29 is 143 Å². The minimum Gasteiger partial charge on any atom is -0.454 e. The average Bonchev–Trinajstić information content (AvgIpc) is 0.798. The van der Waals surface area contributed by atoms with Crippen LogP contribution in [0.25, 0.3) is 0 Å². The number of esters is 1. The van der Waals surface area contributed by atoms with Crippen molar-refractivity contribution in [2.45, 2.75) is 490 Å². The Bertz CT molecular complexity index is 2650. The van der Waals surface area contributed by atoms with Crippen molar-refractivity contribution in [3.8, 4) is 0 Å². The molecule has 0 radical (unpaired) electrons. The lowest BCUT2D eigenvalue weighted by Gasteiger charge is -2.51. The van der Waals surface area contributed by atoms with Crippen molar-refractivity contribution in [2.24, 2.45) is 11.8 Å². The first kappa shape index (κ1) is 120. The molecule has 0 saturated carbocycles. The second-order valence-corrected chi connectivity index (χ2v) is 36.4. The third-order valence-corrected chi connectivity index (χ3v) is 24.6. The number of aliphatic hydroxyl groups excluding tert-OH is 2. The molecule has 0 bridgehead atoms. The molecular formula is C101H192O30. The number of rotatable bonds is 82. The third kappa shape index (κ3) is 43.8. The van der Waals surface area contributed by atoms with Gasteiger partial charge >= 0.3 is 5.97 Å². The second-order valence-electron chi connectivity index (χ2n) is 36.4. The zero-order chi connectivity index (χ0) is 95.2. The number of hydrogen-bond acceptors (Lipinski definition) is 30. The molecule has 0 spiro atoms. The van der Waals surface area contributed by atoms with Crippen LogP contribution in [0.1, 0.15) is 324 Å². The van der Waals surface area contributed by atoms with Crippen LogP contribution in [0, 0.1) is 11.8 Å². The van der Waals surface area contributed by atoms with Gasteiger partial charge in [0.2, 0.25) is 0 Å². The average molecular weight is 1890 g/mol. The fraction of sp³-hybridized carbons (Fsp3) is 0.990. The zero-order valence-corrected chi connectivity index (χ0v) is 85.3. The van der Waals surface area contributed by atoms with Crippen molar-refractivity contribution in [2.75, 3.05) is 145 Å². The lowest BCUT2D eigenvalue weighted by atomic mass is 9.90. The van der Waals surface area contributed by atoms with Gasteiger partial charge in [-0.1, -0.05) is 214 Å². The quantitative estimate of drug-likeness (QED) is 0.0325. The van der Waals surface area contributed by atoms with Crippen LogP contribution in [0.15, 0.2) is 0 Å². The van der Waals surface area contributed by atoms with Crippen LogP contribution in [0.3, 0.4) is 0 Å². The Balaban J connectivity index is 1.80. The summed E-state index contributed by atoms with van der Waals surface area (Å²) in [7, 11) is 0. The molecule has 29 atom stereocenters. The van der Waals surface area contributed by atoms with E-state index in [4.69, 9.17) is 128 Å². The Labute approximate surface area is 792 Å². The Kier molecular flexibility index (Phi) is 68.0. The third-order valence-electron chi connectivity index (χ3n) is 24.6. The molecule has 2 N–H and O–H groups in total. The molecule has 5 aliphatic rings. The molecule has 0 aromatic heterocycles. The minimum atomic E-state index is -1.63. The van der Waals surface area contributed by atoms with E-state index < -0.39 is 184 Å². The molecular weight excluding hydrogens is 1690 g/mol. The van der Waals surface area contributed by atoms with E-state index >= 15 is 0 Å². The Hall–Kier alpha value is -1.65. The maximum absolute atomic E-state index is 13.9. The number of carbonyl (C=O) groups excluding carboxylic acids is 1. The van der Waals surface area contributed by atoms with Crippen LogP contribution < -0.4 is 0 Å². The van der Waals surface area contributed by atoms with Crippen molar-refractivity contribution >= 4 is 5.97 Å². The number of hydrogen-bond donors (Lipinski definition) is 2. The molecule has 0 aliphatic carbocycles. The maximum Gasteiger partial charge on any atom is 0.303 e.